The van der Waals surface area contributed by atoms with E-state index in [1.54, 1.807) is 36.1 Å². The summed E-state index contributed by atoms with van der Waals surface area (Å²) < 4.78 is 8.17. The molecular formula is C22H30ClN3O4. The number of aliphatic hydroxyl groups excluding tert-OH is 1. The third-order valence-corrected chi connectivity index (χ3v) is 6.13. The average molecular weight is 436 g/mol. The van der Waals surface area contributed by atoms with Crippen molar-refractivity contribution in [2.45, 2.75) is 58.2 Å². The van der Waals surface area contributed by atoms with Crippen molar-refractivity contribution in [3.05, 3.63) is 51.2 Å². The number of benzene rings is 1. The number of amides is 1. The van der Waals surface area contributed by atoms with Crippen LogP contribution in [0.5, 0.6) is 0 Å². The van der Waals surface area contributed by atoms with Crippen molar-refractivity contribution in [3.63, 3.8) is 0 Å². The largest absolute Gasteiger partial charge is 0.383 e. The number of carbonyl (C=O) groups excluding carboxylic acids is 1. The van der Waals surface area contributed by atoms with Crippen LogP contribution in [0.4, 0.5) is 0 Å². The summed E-state index contributed by atoms with van der Waals surface area (Å²) in [5.41, 5.74) is 1.35. The highest BCUT2D eigenvalue weighted by atomic mass is 35.5. The summed E-state index contributed by atoms with van der Waals surface area (Å²) >= 11 is 6.27. The van der Waals surface area contributed by atoms with E-state index in [1.807, 2.05) is 6.92 Å². The zero-order valence-electron chi connectivity index (χ0n) is 17.6. The first-order valence-corrected chi connectivity index (χ1v) is 10.9. The number of aryl methyl sites for hydroxylation is 1. The van der Waals surface area contributed by atoms with Crippen LogP contribution < -0.4 is 11.0 Å². The molecule has 30 heavy (non-hydrogen) atoms. The molecular weight excluding hydrogens is 406 g/mol. The molecule has 1 aliphatic carbocycles. The van der Waals surface area contributed by atoms with E-state index in [1.165, 1.54) is 17.4 Å². The highest BCUT2D eigenvalue weighted by Crippen LogP contribution is 2.26. The molecule has 2 aromatic rings. The molecule has 1 amide bonds. The fourth-order valence-electron chi connectivity index (χ4n) is 4.03. The smallest absolute Gasteiger partial charge is 0.333 e. The van der Waals surface area contributed by atoms with Crippen LogP contribution in [-0.4, -0.2) is 40.1 Å². The number of aliphatic hydroxyl groups is 1. The molecule has 0 aliphatic heterocycles. The number of nitrogens with one attached hydrogen (secondary N) is 1. The van der Waals surface area contributed by atoms with E-state index in [2.05, 4.69) is 5.32 Å². The van der Waals surface area contributed by atoms with Gasteiger partial charge >= 0.3 is 5.69 Å². The number of hydrogen-bond donors (Lipinski definition) is 2. The standard InChI is InChI=1S/C22H30ClN3O4/c1-15-14-26(22(29)25(15)11-12-30-2)17-9-10-19(23)18(13-17)21(28)24-20(27)16-7-5-3-4-6-8-16/h9-10,13-14,16,20,27H,3-8,11-12H2,1-2H3,(H,24,28). The van der Waals surface area contributed by atoms with Crippen LogP contribution in [0.15, 0.2) is 29.2 Å². The number of hydrogen-bond acceptors (Lipinski definition) is 4. The molecule has 0 spiro atoms. The lowest BCUT2D eigenvalue weighted by Crippen LogP contribution is -2.40. The third-order valence-electron chi connectivity index (χ3n) is 5.80. The summed E-state index contributed by atoms with van der Waals surface area (Å²) in [6.45, 7) is 2.72. The number of carbonyl (C=O) groups is 1. The molecule has 164 valence electrons. The Morgan fingerprint density at radius 1 is 1.30 bits per heavy atom. The molecule has 3 rings (SSSR count). The van der Waals surface area contributed by atoms with Gasteiger partial charge in [-0.15, -0.1) is 0 Å². The zero-order chi connectivity index (χ0) is 21.7. The molecule has 1 unspecified atom stereocenters. The Labute approximate surface area is 181 Å². The Bertz CT molecular complexity index is 929. The maximum absolute atomic E-state index is 12.8. The van der Waals surface area contributed by atoms with Crippen LogP contribution in [0.3, 0.4) is 0 Å². The lowest BCUT2D eigenvalue weighted by Gasteiger charge is -2.22. The van der Waals surface area contributed by atoms with Crippen molar-refractivity contribution in [2.75, 3.05) is 13.7 Å². The van der Waals surface area contributed by atoms with Crippen molar-refractivity contribution >= 4 is 17.5 Å². The number of ether oxygens (including phenoxy) is 1. The van der Waals surface area contributed by atoms with E-state index < -0.39 is 12.1 Å². The van der Waals surface area contributed by atoms with Gasteiger partial charge < -0.3 is 15.2 Å². The highest BCUT2D eigenvalue weighted by Gasteiger charge is 2.24. The molecule has 8 heteroatoms. The molecule has 0 saturated heterocycles. The number of nitrogens with zero attached hydrogens (tertiary/aromatic N) is 2. The summed E-state index contributed by atoms with van der Waals surface area (Å²) in [6, 6.07) is 4.87. The van der Waals surface area contributed by atoms with Crippen molar-refractivity contribution < 1.29 is 14.6 Å². The Kier molecular flexibility index (Phi) is 7.75. The minimum Gasteiger partial charge on any atom is -0.383 e. The first-order chi connectivity index (χ1) is 14.4. The maximum Gasteiger partial charge on any atom is 0.333 e. The Morgan fingerprint density at radius 2 is 2.00 bits per heavy atom. The summed E-state index contributed by atoms with van der Waals surface area (Å²) in [5.74, 6) is -0.388. The predicted octanol–water partition coefficient (Wildman–Crippen LogP) is 3.27. The second-order valence-electron chi connectivity index (χ2n) is 7.90. The number of imidazole rings is 1. The van der Waals surface area contributed by atoms with Crippen molar-refractivity contribution in [2.24, 2.45) is 5.92 Å². The van der Waals surface area contributed by atoms with Gasteiger partial charge in [-0.25, -0.2) is 4.79 Å². The average Bonchev–Trinajstić information content (AvgIpc) is 2.91. The van der Waals surface area contributed by atoms with Gasteiger partial charge in [0.15, 0.2) is 0 Å². The molecule has 1 saturated carbocycles. The second kappa shape index (κ2) is 10.3. The van der Waals surface area contributed by atoms with Gasteiger partial charge in [0.1, 0.15) is 6.23 Å². The second-order valence-corrected chi connectivity index (χ2v) is 8.31. The van der Waals surface area contributed by atoms with Crippen LogP contribution in [0.2, 0.25) is 5.02 Å². The van der Waals surface area contributed by atoms with E-state index in [0.717, 1.165) is 31.4 Å². The molecule has 1 aromatic carbocycles. The minimum atomic E-state index is -0.907. The first-order valence-electron chi connectivity index (χ1n) is 10.5. The van der Waals surface area contributed by atoms with Gasteiger partial charge in [-0.05, 0) is 38.0 Å². The van der Waals surface area contributed by atoms with Gasteiger partial charge in [-0.3, -0.25) is 13.9 Å². The molecule has 1 atom stereocenters. The van der Waals surface area contributed by atoms with Gasteiger partial charge in [0.2, 0.25) is 0 Å². The van der Waals surface area contributed by atoms with Gasteiger partial charge in [-0.1, -0.05) is 37.3 Å². The first kappa shape index (κ1) is 22.6. The predicted molar refractivity (Wildman–Crippen MR) is 116 cm³/mol. The number of aromatic nitrogens is 2. The molecule has 7 nitrogen and oxygen atoms in total. The van der Waals surface area contributed by atoms with Crippen LogP contribution in [0.25, 0.3) is 5.69 Å². The molecule has 2 N–H and O–H groups in total. The molecule has 1 heterocycles. The molecule has 1 aromatic heterocycles. The van der Waals surface area contributed by atoms with Gasteiger partial charge in [-0.2, -0.15) is 0 Å². The molecule has 0 radical (unpaired) electrons. The molecule has 1 aliphatic rings. The maximum atomic E-state index is 12.8. The van der Waals surface area contributed by atoms with Gasteiger partial charge in [0.05, 0.1) is 29.4 Å². The Balaban J connectivity index is 1.81. The van der Waals surface area contributed by atoms with Crippen molar-refractivity contribution in [1.82, 2.24) is 14.5 Å². The van der Waals surface area contributed by atoms with E-state index >= 15 is 0 Å². The zero-order valence-corrected chi connectivity index (χ0v) is 18.3. The van der Waals surface area contributed by atoms with Crippen molar-refractivity contribution in [3.8, 4) is 5.69 Å². The lowest BCUT2D eigenvalue weighted by molar-refractivity contribution is 0.0532. The summed E-state index contributed by atoms with van der Waals surface area (Å²) in [6.07, 6.45) is 7.09. The third kappa shape index (κ3) is 5.14. The SMILES string of the molecule is COCCn1c(C)cn(-c2ccc(Cl)c(C(=O)NC(O)C3CCCCCC3)c2)c1=O. The van der Waals surface area contributed by atoms with Crippen molar-refractivity contribution in [1.29, 1.82) is 0 Å². The fourth-order valence-corrected chi connectivity index (χ4v) is 4.23. The van der Waals surface area contributed by atoms with Crippen LogP contribution in [0.1, 0.15) is 54.6 Å². The van der Waals surface area contributed by atoms with E-state index in [-0.39, 0.29) is 22.2 Å². The Hall–Kier alpha value is -2.09. The highest BCUT2D eigenvalue weighted by molar-refractivity contribution is 6.33. The number of methoxy groups -OCH3 is 1. The fraction of sp³-hybridized carbons (Fsp3) is 0.545. The molecule has 1 fully saturated rings. The number of rotatable bonds is 7. The Morgan fingerprint density at radius 3 is 2.67 bits per heavy atom. The quantitative estimate of drug-likeness (QED) is 0.516. The number of halogens is 1. The normalized spacial score (nSPS) is 16.3. The van der Waals surface area contributed by atoms with E-state index in [9.17, 15) is 14.7 Å². The van der Waals surface area contributed by atoms with Gasteiger partial charge in [0, 0.05) is 24.9 Å². The topological polar surface area (TPSA) is 85.5 Å². The van der Waals surface area contributed by atoms with E-state index in [0.29, 0.717) is 18.8 Å². The summed E-state index contributed by atoms with van der Waals surface area (Å²) in [4.78, 5) is 25.6. The summed E-state index contributed by atoms with van der Waals surface area (Å²) in [5, 5.41) is 13.5. The molecule has 0 bridgehead atoms. The summed E-state index contributed by atoms with van der Waals surface area (Å²) in [7, 11) is 1.59. The van der Waals surface area contributed by atoms with Gasteiger partial charge in [0.25, 0.3) is 5.91 Å². The van der Waals surface area contributed by atoms with Crippen LogP contribution in [-0.2, 0) is 11.3 Å². The van der Waals surface area contributed by atoms with E-state index in [4.69, 9.17) is 16.3 Å². The monoisotopic (exact) mass is 435 g/mol. The minimum absolute atomic E-state index is 0.0542. The lowest BCUT2D eigenvalue weighted by atomic mass is 9.98. The van der Waals surface area contributed by atoms with Crippen LogP contribution in [0, 0.1) is 12.8 Å². The van der Waals surface area contributed by atoms with Crippen LogP contribution >= 0.6 is 11.6 Å².